The van der Waals surface area contributed by atoms with Crippen LogP contribution in [0.2, 0.25) is 0 Å². The number of nitrogens with zero attached hydrogens (tertiary/aromatic N) is 5. The molecule has 0 saturated carbocycles. The van der Waals surface area contributed by atoms with Gasteiger partial charge in [-0.05, 0) is 49.4 Å². The normalized spacial score (nSPS) is 24.8. The van der Waals surface area contributed by atoms with Crippen molar-refractivity contribution >= 4 is 68.8 Å². The van der Waals surface area contributed by atoms with E-state index in [0.717, 1.165) is 60.9 Å². The molecule has 6 heterocycles. The molecule has 0 spiro atoms. The second-order valence-corrected chi connectivity index (χ2v) is 20.8. The van der Waals surface area contributed by atoms with E-state index in [1.54, 1.807) is 23.9 Å². The van der Waals surface area contributed by atoms with Gasteiger partial charge in [-0.3, -0.25) is 54.0 Å². The largest absolute Gasteiger partial charge is 0.381 e. The molecule has 0 bridgehead atoms. The van der Waals surface area contributed by atoms with Gasteiger partial charge in [0.15, 0.2) is 0 Å². The summed E-state index contributed by atoms with van der Waals surface area (Å²) in [5.74, 6) is -2.16. The van der Waals surface area contributed by atoms with E-state index in [1.807, 2.05) is 41.3 Å². The third-order valence-corrected chi connectivity index (χ3v) is 15.5. The summed E-state index contributed by atoms with van der Waals surface area (Å²) < 4.78 is 31.3. The monoisotopic (exact) mass is 935 g/mol. The molecule has 19 nitrogen and oxygen atoms in total. The molecule has 2 aromatic carbocycles. The van der Waals surface area contributed by atoms with Gasteiger partial charge in [0.25, 0.3) is 11.8 Å². The van der Waals surface area contributed by atoms with Gasteiger partial charge in [0.1, 0.15) is 17.6 Å². The van der Waals surface area contributed by atoms with Gasteiger partial charge in [-0.2, -0.15) is 0 Å². The number of piperazine rings is 1. The van der Waals surface area contributed by atoms with E-state index in [1.165, 1.54) is 4.31 Å². The number of carbonyl (C=O) groups excluding carboxylic acids is 7. The van der Waals surface area contributed by atoms with E-state index in [9.17, 15) is 42.0 Å². The van der Waals surface area contributed by atoms with E-state index >= 15 is 0 Å². The van der Waals surface area contributed by atoms with Gasteiger partial charge in [0.2, 0.25) is 39.6 Å². The van der Waals surface area contributed by atoms with Crippen LogP contribution in [0.5, 0.6) is 0 Å². The molecule has 7 amide bonds. The Labute approximate surface area is 382 Å². The average Bonchev–Trinajstić information content (AvgIpc) is 4.02. The van der Waals surface area contributed by atoms with Crippen LogP contribution in [0.1, 0.15) is 70.8 Å². The molecule has 4 unspecified atom stereocenters. The van der Waals surface area contributed by atoms with Crippen molar-refractivity contribution < 1.29 is 46.7 Å². The van der Waals surface area contributed by atoms with Gasteiger partial charge < -0.3 is 25.2 Å². The Kier molecular flexibility index (Phi) is 14.5. The number of amides is 7. The molecule has 4 N–H and O–H groups in total. The van der Waals surface area contributed by atoms with Crippen LogP contribution >= 0.6 is 11.8 Å². The summed E-state index contributed by atoms with van der Waals surface area (Å²) in [5.41, 5.74) is 2.12. The number of hydrogen-bond acceptors (Lipinski definition) is 14. The summed E-state index contributed by atoms with van der Waals surface area (Å²) in [4.78, 5) is 97.7. The predicted molar refractivity (Wildman–Crippen MR) is 240 cm³/mol. The zero-order valence-electron chi connectivity index (χ0n) is 36.4. The zero-order valence-corrected chi connectivity index (χ0v) is 38.1. The van der Waals surface area contributed by atoms with E-state index in [0.29, 0.717) is 44.9 Å². The van der Waals surface area contributed by atoms with Crippen molar-refractivity contribution in [1.82, 2.24) is 40.3 Å². The number of piperidine rings is 1. The molecule has 65 heavy (non-hydrogen) atoms. The predicted octanol–water partition coefficient (Wildman–Crippen LogP) is 0.0989. The van der Waals surface area contributed by atoms with Crippen molar-refractivity contribution in [3.8, 4) is 0 Å². The van der Waals surface area contributed by atoms with Crippen molar-refractivity contribution in [2.24, 2.45) is 11.8 Å². The maximum absolute atomic E-state index is 13.6. The Balaban J connectivity index is 0.730. The quantitative estimate of drug-likeness (QED) is 0.122. The number of fused-ring (bicyclic) bond motifs is 1. The molecular formula is C44H57N9O10S2. The lowest BCUT2D eigenvalue weighted by Gasteiger charge is -2.45. The molecule has 5 atom stereocenters. The standard InChI is InChI=1S/C44H57N9O10S2/c1-65(61,62)52-15-13-30(26-52)39(56)45-34(40(57)48-44-46-35(27-64-44)29-6-3-2-4-7-29)14-21-63-20-5-8-38(55)50-18-16-49(17-19-50)23-28-24-51(25-28)31-9-10-32-33(22-31)43(60)53(42(32)59)36-11-12-37(54)47-41(36)58/h2-4,6-7,9-10,22,28,30,34-36,44,46H,5,8,11-21,23-27H2,1H3,(H,45,56)(H,48,57)(H,47,54,58)/t30?,34-,35?,36?,44?/m0/s1. The number of nitrogens with one attached hydrogen (secondary N) is 4. The van der Waals surface area contributed by atoms with Crippen molar-refractivity contribution in [3.05, 3.63) is 65.2 Å². The van der Waals surface area contributed by atoms with Crippen LogP contribution < -0.4 is 26.2 Å². The van der Waals surface area contributed by atoms with E-state index in [-0.39, 0.29) is 79.3 Å². The first-order valence-corrected chi connectivity index (χ1v) is 25.3. The summed E-state index contributed by atoms with van der Waals surface area (Å²) in [5, 5.41) is 11.5. The number of ether oxygens (including phenoxy) is 1. The molecule has 8 rings (SSSR count). The minimum absolute atomic E-state index is 0.0588. The number of carbonyl (C=O) groups is 7. The van der Waals surface area contributed by atoms with Crippen LogP contribution in [0.15, 0.2) is 48.5 Å². The van der Waals surface area contributed by atoms with Crippen molar-refractivity contribution in [2.45, 2.75) is 62.1 Å². The highest BCUT2D eigenvalue weighted by Gasteiger charge is 2.45. The summed E-state index contributed by atoms with van der Waals surface area (Å²) in [6, 6.07) is 13.3. The third kappa shape index (κ3) is 11.0. The molecule has 6 aliphatic rings. The molecule has 6 aliphatic heterocycles. The zero-order chi connectivity index (χ0) is 45.8. The smallest absolute Gasteiger partial charge is 0.262 e. The molecule has 350 valence electrons. The van der Waals surface area contributed by atoms with Crippen LogP contribution in [0.3, 0.4) is 0 Å². The Morgan fingerprint density at radius 2 is 1.66 bits per heavy atom. The maximum Gasteiger partial charge on any atom is 0.262 e. The van der Waals surface area contributed by atoms with Crippen LogP contribution in [-0.4, -0.2) is 170 Å². The molecule has 0 radical (unpaired) electrons. The number of rotatable bonds is 17. The second kappa shape index (κ2) is 20.3. The van der Waals surface area contributed by atoms with Gasteiger partial charge in [0.05, 0.1) is 23.3 Å². The topological polar surface area (TPSA) is 227 Å². The number of benzene rings is 2. The van der Waals surface area contributed by atoms with Crippen molar-refractivity contribution in [2.75, 3.05) is 89.0 Å². The van der Waals surface area contributed by atoms with Gasteiger partial charge >= 0.3 is 0 Å². The summed E-state index contributed by atoms with van der Waals surface area (Å²) >= 11 is 1.57. The first-order valence-electron chi connectivity index (χ1n) is 22.4. The minimum atomic E-state index is -3.43. The summed E-state index contributed by atoms with van der Waals surface area (Å²) in [6.45, 7) is 6.02. The lowest BCUT2D eigenvalue weighted by atomic mass is 9.97. The third-order valence-electron chi connectivity index (χ3n) is 13.1. The molecule has 5 fully saturated rings. The number of imide groups is 2. The Hall–Kier alpha value is -4.93. The second-order valence-electron chi connectivity index (χ2n) is 17.7. The maximum atomic E-state index is 13.6. The van der Waals surface area contributed by atoms with Gasteiger partial charge in [-0.1, -0.05) is 30.3 Å². The highest BCUT2D eigenvalue weighted by atomic mass is 32.2. The number of thioether (sulfide) groups is 1. The molecule has 5 saturated heterocycles. The van der Waals surface area contributed by atoms with E-state index in [4.69, 9.17) is 4.74 Å². The summed E-state index contributed by atoms with van der Waals surface area (Å²) in [7, 11) is -3.43. The minimum Gasteiger partial charge on any atom is -0.381 e. The van der Waals surface area contributed by atoms with Gasteiger partial charge in [0, 0.05) is 108 Å². The first kappa shape index (κ1) is 46.6. The number of hydrogen-bond donors (Lipinski definition) is 4. The first-order chi connectivity index (χ1) is 31.2. The number of anilines is 1. The van der Waals surface area contributed by atoms with Gasteiger partial charge in [-0.15, -0.1) is 11.8 Å². The lowest BCUT2D eigenvalue weighted by molar-refractivity contribution is -0.136. The Morgan fingerprint density at radius 3 is 2.38 bits per heavy atom. The fourth-order valence-electron chi connectivity index (χ4n) is 9.35. The molecular weight excluding hydrogens is 879 g/mol. The molecule has 0 aromatic heterocycles. The lowest BCUT2D eigenvalue weighted by Crippen LogP contribution is -2.55. The Morgan fingerprint density at radius 1 is 0.908 bits per heavy atom. The summed E-state index contributed by atoms with van der Waals surface area (Å²) in [6.07, 6.45) is 2.70. The van der Waals surface area contributed by atoms with Crippen molar-refractivity contribution in [1.29, 1.82) is 0 Å². The van der Waals surface area contributed by atoms with Crippen molar-refractivity contribution in [3.63, 3.8) is 0 Å². The van der Waals surface area contributed by atoms with Gasteiger partial charge in [-0.25, -0.2) is 12.7 Å². The van der Waals surface area contributed by atoms with Crippen LogP contribution in [0, 0.1) is 11.8 Å². The van der Waals surface area contributed by atoms with Crippen LogP contribution in [0.25, 0.3) is 0 Å². The fraction of sp³-hybridized carbons (Fsp3) is 0.568. The fourth-order valence-corrected chi connectivity index (χ4v) is 11.4. The molecule has 2 aromatic rings. The van der Waals surface area contributed by atoms with E-state index in [2.05, 4.69) is 31.1 Å². The highest BCUT2D eigenvalue weighted by Crippen LogP contribution is 2.33. The van der Waals surface area contributed by atoms with Crippen LogP contribution in [0.4, 0.5) is 5.69 Å². The van der Waals surface area contributed by atoms with E-state index < -0.39 is 51.7 Å². The number of sulfonamides is 1. The SMILES string of the molecule is CS(=O)(=O)N1CCC(C(=O)N[C@@H](CCOCCCC(=O)N2CCN(CC3CN(c4ccc5c(c4)C(=O)N(C4CCC(=O)NC4=O)C5=O)C3)CC2)C(=O)NC2NC(c3ccccc3)CS2)C1. The average molecular weight is 936 g/mol. The molecule has 0 aliphatic carbocycles. The highest BCUT2D eigenvalue weighted by molar-refractivity contribution is 8.00. The Bertz CT molecular complexity index is 2270. The van der Waals surface area contributed by atoms with Crippen LogP contribution in [-0.2, 0) is 38.7 Å². The molecule has 21 heteroatoms.